The van der Waals surface area contributed by atoms with E-state index in [-0.39, 0.29) is 55.0 Å². The van der Waals surface area contributed by atoms with Gasteiger partial charge >= 0.3 is 12.1 Å². The van der Waals surface area contributed by atoms with Gasteiger partial charge in [0.2, 0.25) is 11.8 Å². The molecule has 1 unspecified atom stereocenters. The molecule has 1 fully saturated rings. The van der Waals surface area contributed by atoms with Crippen LogP contribution in [0.3, 0.4) is 0 Å². The Bertz CT molecular complexity index is 1140. The minimum absolute atomic E-state index is 0.0416. The number of hydrogen-bond donors (Lipinski definition) is 4. The summed E-state index contributed by atoms with van der Waals surface area (Å²) >= 11 is 0.956. The Morgan fingerprint density at radius 2 is 1.75 bits per heavy atom. The fourth-order valence-electron chi connectivity index (χ4n) is 4.11. The summed E-state index contributed by atoms with van der Waals surface area (Å²) in [6.45, 7) is 9.38. The predicted octanol–water partition coefficient (Wildman–Crippen LogP) is 2.65. The van der Waals surface area contributed by atoms with Gasteiger partial charge in [0, 0.05) is 43.5 Å². The van der Waals surface area contributed by atoms with E-state index in [9.17, 15) is 29.1 Å². The molecule has 1 aliphatic heterocycles. The lowest BCUT2D eigenvalue weighted by molar-refractivity contribution is -0.253. The van der Waals surface area contributed by atoms with Crippen LogP contribution >= 0.6 is 11.8 Å². The zero-order chi connectivity index (χ0) is 32.9. The molecule has 0 saturated carbocycles. The lowest BCUT2D eigenvalue weighted by Gasteiger charge is -2.41. The van der Waals surface area contributed by atoms with Gasteiger partial charge in [0.15, 0.2) is 11.4 Å². The van der Waals surface area contributed by atoms with E-state index in [1.54, 1.807) is 27.9 Å². The van der Waals surface area contributed by atoms with E-state index in [1.165, 1.54) is 0 Å². The van der Waals surface area contributed by atoms with Crippen LogP contribution in [0.25, 0.3) is 0 Å². The van der Waals surface area contributed by atoms with Crippen molar-refractivity contribution in [3.63, 3.8) is 0 Å². The maximum atomic E-state index is 12.9. The smallest absolute Gasteiger partial charge is 0.408 e. The molecular weight excluding hydrogens is 594 g/mol. The Morgan fingerprint density at radius 3 is 2.36 bits per heavy atom. The molecule has 0 spiro atoms. The highest BCUT2D eigenvalue weighted by molar-refractivity contribution is 8.13. The van der Waals surface area contributed by atoms with Gasteiger partial charge in [-0.15, -0.1) is 0 Å². The number of benzene rings is 1. The molecule has 1 aromatic carbocycles. The fraction of sp³-hybridized carbons (Fsp3) is 0.633. The number of carboxylic acid groups (broad SMARTS) is 1. The second kappa shape index (κ2) is 17.2. The molecule has 1 aliphatic rings. The van der Waals surface area contributed by atoms with Crippen molar-refractivity contribution in [1.29, 1.82) is 0 Å². The normalized spacial score (nSPS) is 18.4. The largest absolute Gasteiger partial charge is 0.497 e. The van der Waals surface area contributed by atoms with Gasteiger partial charge in [-0.1, -0.05) is 37.7 Å². The van der Waals surface area contributed by atoms with E-state index in [1.807, 2.05) is 38.1 Å². The third-order valence-corrected chi connectivity index (χ3v) is 7.34. The Hall–Kier alpha value is -3.36. The van der Waals surface area contributed by atoms with E-state index < -0.39 is 41.5 Å². The number of ether oxygens (including phenoxy) is 4. The van der Waals surface area contributed by atoms with Gasteiger partial charge in [-0.25, -0.2) is 9.59 Å². The number of hydrogen-bond acceptors (Lipinski definition) is 10. The topological polar surface area (TPSA) is 179 Å². The van der Waals surface area contributed by atoms with Crippen LogP contribution in [0.4, 0.5) is 4.79 Å². The van der Waals surface area contributed by atoms with E-state index in [0.29, 0.717) is 13.0 Å². The SMILES string of the molecule is COc1ccc(CC2OCC(C)(C)[C@H](C(=O)NCCC(=O)NCCSC(=O)CC[C@H](NC(=O)OC(C)(C)C)C(=O)O)O2)cc1. The predicted molar refractivity (Wildman–Crippen MR) is 163 cm³/mol. The Balaban J connectivity index is 1.66. The third-order valence-electron chi connectivity index (χ3n) is 6.40. The van der Waals surface area contributed by atoms with E-state index in [4.69, 9.17) is 18.9 Å². The van der Waals surface area contributed by atoms with Crippen molar-refractivity contribution in [2.45, 2.75) is 84.3 Å². The van der Waals surface area contributed by atoms with Crippen molar-refractivity contribution in [3.8, 4) is 5.75 Å². The first-order valence-corrected chi connectivity index (χ1v) is 15.4. The minimum Gasteiger partial charge on any atom is -0.497 e. The average molecular weight is 640 g/mol. The number of rotatable bonds is 15. The van der Waals surface area contributed by atoms with Gasteiger partial charge in [-0.2, -0.15) is 0 Å². The molecule has 3 amide bonds. The summed E-state index contributed by atoms with van der Waals surface area (Å²) in [5.41, 5.74) is -0.373. The Morgan fingerprint density at radius 1 is 1.07 bits per heavy atom. The third kappa shape index (κ3) is 13.5. The lowest BCUT2D eigenvalue weighted by atomic mass is 9.85. The standard InChI is InChI=1S/C30H45N3O10S/c1-29(2,3)43-28(39)33-21(27(37)38)11-12-23(35)44-16-15-31-22(34)13-14-32-26(36)25-30(4,5)18-41-24(42-25)17-19-7-9-20(40-6)10-8-19/h7-10,21,24-25H,11-18H2,1-6H3,(H,31,34)(H,32,36)(H,33,39)(H,37,38)/t21-,24?,25-/m0/s1. The van der Waals surface area contributed by atoms with Crippen molar-refractivity contribution in [3.05, 3.63) is 29.8 Å². The van der Waals surface area contributed by atoms with Crippen molar-refractivity contribution in [1.82, 2.24) is 16.0 Å². The number of methoxy groups -OCH3 is 1. The summed E-state index contributed by atoms with van der Waals surface area (Å²) in [4.78, 5) is 60.6. The van der Waals surface area contributed by atoms with E-state index in [0.717, 1.165) is 23.1 Å². The van der Waals surface area contributed by atoms with E-state index in [2.05, 4.69) is 16.0 Å². The van der Waals surface area contributed by atoms with Crippen LogP contribution in [-0.4, -0.2) is 90.7 Å². The van der Waals surface area contributed by atoms with Gasteiger partial charge in [-0.05, 0) is 44.9 Å². The number of alkyl carbamates (subject to hydrolysis) is 1. The number of carbonyl (C=O) groups is 5. The van der Waals surface area contributed by atoms with Crippen molar-refractivity contribution in [2.24, 2.45) is 5.41 Å². The second-order valence-corrected chi connectivity index (χ2v) is 13.1. The molecule has 3 atom stereocenters. The molecule has 0 aromatic heterocycles. The number of thioether (sulfide) groups is 1. The van der Waals surface area contributed by atoms with Crippen molar-refractivity contribution < 1.29 is 48.0 Å². The average Bonchev–Trinajstić information content (AvgIpc) is 2.93. The molecule has 44 heavy (non-hydrogen) atoms. The maximum Gasteiger partial charge on any atom is 0.408 e. The zero-order valence-electron chi connectivity index (χ0n) is 26.2. The maximum absolute atomic E-state index is 12.9. The number of carboxylic acids is 1. The molecule has 2 rings (SSSR count). The van der Waals surface area contributed by atoms with Crippen LogP contribution in [0, 0.1) is 5.41 Å². The summed E-state index contributed by atoms with van der Waals surface area (Å²) in [5, 5.41) is 16.8. The molecular formula is C30H45N3O10S. The summed E-state index contributed by atoms with van der Waals surface area (Å²) in [5.74, 6) is -0.865. The number of carbonyl (C=O) groups excluding carboxylic acids is 4. The summed E-state index contributed by atoms with van der Waals surface area (Å²) in [6, 6.07) is 6.25. The van der Waals surface area contributed by atoms with Gasteiger partial charge in [0.25, 0.3) is 0 Å². The number of nitrogens with one attached hydrogen (secondary N) is 3. The Labute approximate surface area is 262 Å². The van der Waals surface area contributed by atoms with Gasteiger partial charge < -0.3 is 40.0 Å². The zero-order valence-corrected chi connectivity index (χ0v) is 27.0. The van der Waals surface area contributed by atoms with Crippen LogP contribution in [0.2, 0.25) is 0 Å². The first kappa shape index (κ1) is 36.8. The molecule has 13 nitrogen and oxygen atoms in total. The van der Waals surface area contributed by atoms with Gasteiger partial charge in [0.05, 0.1) is 13.7 Å². The number of aliphatic carboxylic acids is 1. The first-order valence-electron chi connectivity index (χ1n) is 14.4. The first-order chi connectivity index (χ1) is 20.6. The number of amides is 3. The van der Waals surface area contributed by atoms with Crippen molar-refractivity contribution >= 4 is 40.8 Å². The summed E-state index contributed by atoms with van der Waals surface area (Å²) in [6.07, 6.45) is -1.89. The van der Waals surface area contributed by atoms with Gasteiger partial charge in [-0.3, -0.25) is 14.4 Å². The summed E-state index contributed by atoms with van der Waals surface area (Å²) < 4.78 is 22.1. The molecule has 0 aliphatic carbocycles. The highest BCUT2D eigenvalue weighted by Gasteiger charge is 2.42. The fourth-order valence-corrected chi connectivity index (χ4v) is 4.81. The molecule has 1 saturated heterocycles. The molecule has 14 heteroatoms. The Kier molecular flexibility index (Phi) is 14.4. The molecule has 1 aromatic rings. The second-order valence-electron chi connectivity index (χ2n) is 12.0. The molecule has 0 bridgehead atoms. The summed E-state index contributed by atoms with van der Waals surface area (Å²) in [7, 11) is 1.60. The lowest BCUT2D eigenvalue weighted by Crippen LogP contribution is -2.54. The molecule has 4 N–H and O–H groups in total. The van der Waals surface area contributed by atoms with Crippen LogP contribution in [0.5, 0.6) is 5.75 Å². The highest BCUT2D eigenvalue weighted by atomic mass is 32.2. The quantitative estimate of drug-likeness (QED) is 0.207. The van der Waals surface area contributed by atoms with Crippen LogP contribution in [0.1, 0.15) is 59.4 Å². The van der Waals surface area contributed by atoms with Crippen LogP contribution in [-0.2, 0) is 39.8 Å². The molecule has 0 radical (unpaired) electrons. The monoisotopic (exact) mass is 639 g/mol. The highest BCUT2D eigenvalue weighted by Crippen LogP contribution is 2.31. The van der Waals surface area contributed by atoms with Crippen LogP contribution < -0.4 is 20.7 Å². The van der Waals surface area contributed by atoms with Crippen LogP contribution in [0.15, 0.2) is 24.3 Å². The van der Waals surface area contributed by atoms with Gasteiger partial charge in [0.1, 0.15) is 23.5 Å². The molecule has 1 heterocycles. The molecule has 246 valence electrons. The van der Waals surface area contributed by atoms with E-state index >= 15 is 0 Å². The minimum atomic E-state index is -1.27. The van der Waals surface area contributed by atoms with Crippen molar-refractivity contribution in [2.75, 3.05) is 32.6 Å².